The number of amides is 2. The van der Waals surface area contributed by atoms with Gasteiger partial charge in [0.2, 0.25) is 0 Å². The molecular formula is C17H13N3O4. The van der Waals surface area contributed by atoms with E-state index < -0.39 is 5.97 Å². The maximum absolute atomic E-state index is 12.1. The van der Waals surface area contributed by atoms with Crippen molar-refractivity contribution < 1.29 is 19.5 Å². The second kappa shape index (κ2) is 6.33. The van der Waals surface area contributed by atoms with E-state index in [1.54, 1.807) is 30.3 Å². The molecule has 0 saturated heterocycles. The molecule has 1 heterocycles. The lowest BCUT2D eigenvalue weighted by Crippen LogP contribution is -2.29. The average molecular weight is 323 g/mol. The first-order valence-corrected chi connectivity index (χ1v) is 7.15. The van der Waals surface area contributed by atoms with Crippen molar-refractivity contribution >= 4 is 29.3 Å². The molecule has 2 aromatic rings. The molecule has 7 heteroatoms. The summed E-state index contributed by atoms with van der Waals surface area (Å²) >= 11 is 0. The van der Waals surface area contributed by atoms with Crippen molar-refractivity contribution in [2.75, 3.05) is 5.01 Å². The molecule has 0 aromatic heterocycles. The lowest BCUT2D eigenvalue weighted by Gasteiger charge is -2.11. The van der Waals surface area contributed by atoms with Crippen LogP contribution in [0.1, 0.15) is 27.1 Å². The zero-order valence-corrected chi connectivity index (χ0v) is 12.5. The van der Waals surface area contributed by atoms with Crippen LogP contribution in [0.5, 0.6) is 0 Å². The van der Waals surface area contributed by atoms with Crippen LogP contribution in [0.25, 0.3) is 0 Å². The summed E-state index contributed by atoms with van der Waals surface area (Å²) in [6.07, 6.45) is -0.0285. The smallest absolute Gasteiger partial charge is 0.335 e. The molecule has 1 aliphatic heterocycles. The monoisotopic (exact) mass is 323 g/mol. The minimum Gasteiger partial charge on any atom is -0.478 e. The lowest BCUT2D eigenvalue weighted by atomic mass is 10.2. The Bertz CT molecular complexity index is 829. The van der Waals surface area contributed by atoms with Gasteiger partial charge in [-0.25, -0.2) is 4.79 Å². The Morgan fingerprint density at radius 1 is 1.00 bits per heavy atom. The summed E-state index contributed by atoms with van der Waals surface area (Å²) in [7, 11) is 0. The van der Waals surface area contributed by atoms with E-state index in [1.807, 2.05) is 0 Å². The Morgan fingerprint density at radius 2 is 1.67 bits per heavy atom. The number of nitrogens with one attached hydrogen (secondary N) is 1. The van der Waals surface area contributed by atoms with Gasteiger partial charge in [0.05, 0.1) is 17.7 Å². The van der Waals surface area contributed by atoms with Crippen LogP contribution in [-0.4, -0.2) is 28.7 Å². The van der Waals surface area contributed by atoms with E-state index in [1.165, 1.54) is 24.3 Å². The number of rotatable bonds is 3. The van der Waals surface area contributed by atoms with Gasteiger partial charge in [0, 0.05) is 5.56 Å². The van der Waals surface area contributed by atoms with Crippen molar-refractivity contribution in [2.45, 2.75) is 6.42 Å². The first kappa shape index (κ1) is 15.4. The van der Waals surface area contributed by atoms with Crippen LogP contribution in [0.4, 0.5) is 5.69 Å². The van der Waals surface area contributed by atoms with Crippen LogP contribution < -0.4 is 10.3 Å². The first-order valence-electron chi connectivity index (χ1n) is 7.15. The van der Waals surface area contributed by atoms with Crippen molar-refractivity contribution in [1.29, 1.82) is 0 Å². The molecule has 0 radical (unpaired) electrons. The van der Waals surface area contributed by atoms with Crippen molar-refractivity contribution in [2.24, 2.45) is 5.10 Å². The molecule has 1 aliphatic rings. The van der Waals surface area contributed by atoms with E-state index in [4.69, 9.17) is 5.11 Å². The van der Waals surface area contributed by atoms with E-state index in [0.29, 0.717) is 11.3 Å². The Labute approximate surface area is 137 Å². The number of amidine groups is 1. The molecule has 0 atom stereocenters. The maximum Gasteiger partial charge on any atom is 0.335 e. The number of aromatic carboxylic acids is 1. The molecule has 0 fully saturated rings. The fourth-order valence-corrected chi connectivity index (χ4v) is 2.24. The van der Waals surface area contributed by atoms with Gasteiger partial charge in [0.15, 0.2) is 0 Å². The first-order chi connectivity index (χ1) is 11.5. The number of nitrogens with zero attached hydrogens (tertiary/aromatic N) is 2. The zero-order valence-electron chi connectivity index (χ0n) is 12.5. The number of hydrogen-bond donors (Lipinski definition) is 2. The molecule has 0 spiro atoms. The Kier molecular flexibility index (Phi) is 4.07. The van der Waals surface area contributed by atoms with E-state index >= 15 is 0 Å². The van der Waals surface area contributed by atoms with Crippen LogP contribution >= 0.6 is 0 Å². The lowest BCUT2D eigenvalue weighted by molar-refractivity contribution is -0.116. The molecule has 120 valence electrons. The van der Waals surface area contributed by atoms with Gasteiger partial charge in [-0.1, -0.05) is 18.2 Å². The highest BCUT2D eigenvalue weighted by molar-refractivity contribution is 6.17. The number of benzene rings is 2. The second-order valence-corrected chi connectivity index (χ2v) is 5.10. The van der Waals surface area contributed by atoms with Crippen molar-refractivity contribution in [3.05, 3.63) is 65.7 Å². The number of hydrazone groups is 1. The maximum atomic E-state index is 12.1. The van der Waals surface area contributed by atoms with Gasteiger partial charge in [-0.05, 0) is 36.4 Å². The molecule has 2 aromatic carbocycles. The fourth-order valence-electron chi connectivity index (χ4n) is 2.24. The van der Waals surface area contributed by atoms with Crippen LogP contribution in [0.3, 0.4) is 0 Å². The van der Waals surface area contributed by atoms with E-state index in [9.17, 15) is 14.4 Å². The summed E-state index contributed by atoms with van der Waals surface area (Å²) in [6, 6.07) is 14.4. The van der Waals surface area contributed by atoms with Gasteiger partial charge in [-0.15, -0.1) is 0 Å². The minimum atomic E-state index is -1.05. The zero-order chi connectivity index (χ0) is 17.1. The third-order valence-corrected chi connectivity index (χ3v) is 3.43. The minimum absolute atomic E-state index is 0.0285. The molecule has 0 aliphatic carbocycles. The van der Waals surface area contributed by atoms with Gasteiger partial charge in [0.1, 0.15) is 5.84 Å². The third kappa shape index (κ3) is 3.14. The summed E-state index contributed by atoms with van der Waals surface area (Å²) in [5.41, 5.74) is 1.03. The van der Waals surface area contributed by atoms with E-state index in [0.717, 1.165) is 5.01 Å². The summed E-state index contributed by atoms with van der Waals surface area (Å²) in [5, 5.41) is 16.7. The van der Waals surface area contributed by atoms with Crippen LogP contribution in [0.15, 0.2) is 59.7 Å². The summed E-state index contributed by atoms with van der Waals surface area (Å²) in [4.78, 5) is 35.0. The molecule has 0 bridgehead atoms. The van der Waals surface area contributed by atoms with Gasteiger partial charge < -0.3 is 10.4 Å². The van der Waals surface area contributed by atoms with Gasteiger partial charge in [-0.3, -0.25) is 9.59 Å². The van der Waals surface area contributed by atoms with E-state index in [2.05, 4.69) is 10.4 Å². The number of carboxylic acid groups (broad SMARTS) is 1. The quantitative estimate of drug-likeness (QED) is 0.900. The summed E-state index contributed by atoms with van der Waals surface area (Å²) < 4.78 is 0. The molecular weight excluding hydrogens is 310 g/mol. The molecule has 7 nitrogen and oxygen atoms in total. The highest BCUT2D eigenvalue weighted by atomic mass is 16.4. The molecule has 2 N–H and O–H groups in total. The SMILES string of the molecule is O=C(O)c1ccc(N2N=C(NC(=O)c3ccccc3)CC2=O)cc1. The molecule has 0 unspecified atom stereocenters. The largest absolute Gasteiger partial charge is 0.478 e. The van der Waals surface area contributed by atoms with Crippen molar-refractivity contribution in [3.63, 3.8) is 0 Å². The van der Waals surface area contributed by atoms with E-state index in [-0.39, 0.29) is 29.6 Å². The Morgan fingerprint density at radius 3 is 2.29 bits per heavy atom. The van der Waals surface area contributed by atoms with Crippen LogP contribution in [-0.2, 0) is 4.79 Å². The predicted molar refractivity (Wildman–Crippen MR) is 86.8 cm³/mol. The van der Waals surface area contributed by atoms with Gasteiger partial charge >= 0.3 is 5.97 Å². The highest BCUT2D eigenvalue weighted by Gasteiger charge is 2.26. The molecule has 0 saturated carbocycles. The average Bonchev–Trinajstić information content (AvgIpc) is 2.96. The van der Waals surface area contributed by atoms with Gasteiger partial charge in [0.25, 0.3) is 11.8 Å². The van der Waals surface area contributed by atoms with Crippen molar-refractivity contribution in [3.8, 4) is 0 Å². The highest BCUT2D eigenvalue weighted by Crippen LogP contribution is 2.20. The van der Waals surface area contributed by atoms with Gasteiger partial charge in [-0.2, -0.15) is 10.1 Å². The fraction of sp³-hybridized carbons (Fsp3) is 0.0588. The predicted octanol–water partition coefficient (Wildman–Crippen LogP) is 1.86. The van der Waals surface area contributed by atoms with Crippen molar-refractivity contribution in [1.82, 2.24) is 5.32 Å². The summed E-state index contributed by atoms with van der Waals surface area (Å²) in [5.74, 6) is -1.45. The molecule has 3 rings (SSSR count). The van der Waals surface area contributed by atoms with Crippen LogP contribution in [0, 0.1) is 0 Å². The second-order valence-electron chi connectivity index (χ2n) is 5.10. The number of carboxylic acids is 1. The molecule has 24 heavy (non-hydrogen) atoms. The number of carbonyl (C=O) groups is 3. The topological polar surface area (TPSA) is 99.1 Å². The standard InChI is InChI=1S/C17H13N3O4/c21-15-10-14(18-16(22)11-4-2-1-3-5-11)19-20(15)13-8-6-12(7-9-13)17(23)24/h1-9H,10H2,(H,23,24)(H,18,19,22). The normalized spacial score (nSPS) is 13.6. The number of carbonyl (C=O) groups excluding carboxylic acids is 2. The Balaban J connectivity index is 1.75. The van der Waals surface area contributed by atoms with Crippen LogP contribution in [0.2, 0.25) is 0 Å². The third-order valence-electron chi connectivity index (χ3n) is 3.43. The number of hydrogen-bond acceptors (Lipinski definition) is 4. The summed E-state index contributed by atoms with van der Waals surface area (Å²) in [6.45, 7) is 0. The Hall–Kier alpha value is -3.48. The molecule has 2 amide bonds. The number of anilines is 1.